The highest BCUT2D eigenvalue weighted by molar-refractivity contribution is 5.86. The van der Waals surface area contributed by atoms with Crippen molar-refractivity contribution in [3.05, 3.63) is 0 Å². The van der Waals surface area contributed by atoms with Gasteiger partial charge in [-0.1, -0.05) is 13.3 Å². The number of likely N-dealkylation sites (N-methyl/N-ethyl adjacent to an activating group) is 1. The SMILES string of the molecule is CCC[C@@H](NC(=O)N(C)CC(=O)NC(C)C)C(=O)O. The molecule has 7 heteroatoms. The van der Waals surface area contributed by atoms with Crippen molar-refractivity contribution in [2.75, 3.05) is 13.6 Å². The third-order valence-corrected chi connectivity index (χ3v) is 2.35. The summed E-state index contributed by atoms with van der Waals surface area (Å²) in [6.45, 7) is 5.36. The molecule has 0 aliphatic heterocycles. The van der Waals surface area contributed by atoms with E-state index in [-0.39, 0.29) is 18.5 Å². The molecule has 19 heavy (non-hydrogen) atoms. The lowest BCUT2D eigenvalue weighted by molar-refractivity contribution is -0.139. The van der Waals surface area contributed by atoms with Crippen molar-refractivity contribution >= 4 is 17.9 Å². The van der Waals surface area contributed by atoms with Crippen LogP contribution in [0, 0.1) is 0 Å². The summed E-state index contributed by atoms with van der Waals surface area (Å²) in [7, 11) is 1.44. The molecule has 0 fully saturated rings. The molecule has 7 nitrogen and oxygen atoms in total. The monoisotopic (exact) mass is 273 g/mol. The lowest BCUT2D eigenvalue weighted by Gasteiger charge is -2.21. The van der Waals surface area contributed by atoms with E-state index >= 15 is 0 Å². The van der Waals surface area contributed by atoms with Crippen molar-refractivity contribution in [3.63, 3.8) is 0 Å². The highest BCUT2D eigenvalue weighted by Gasteiger charge is 2.21. The second kappa shape index (κ2) is 8.34. The molecule has 3 N–H and O–H groups in total. The summed E-state index contributed by atoms with van der Waals surface area (Å²) in [6, 6.07) is -1.50. The van der Waals surface area contributed by atoms with E-state index in [1.807, 2.05) is 20.8 Å². The van der Waals surface area contributed by atoms with E-state index in [2.05, 4.69) is 10.6 Å². The first-order valence-electron chi connectivity index (χ1n) is 6.31. The van der Waals surface area contributed by atoms with Crippen molar-refractivity contribution in [1.29, 1.82) is 0 Å². The number of carbonyl (C=O) groups is 3. The Morgan fingerprint density at radius 3 is 2.21 bits per heavy atom. The number of hydrogen-bond acceptors (Lipinski definition) is 3. The Kier molecular flexibility index (Phi) is 7.55. The number of aliphatic carboxylic acids is 1. The summed E-state index contributed by atoms with van der Waals surface area (Å²) >= 11 is 0. The molecular weight excluding hydrogens is 250 g/mol. The molecule has 1 atom stereocenters. The molecule has 0 saturated heterocycles. The number of carboxylic acid groups (broad SMARTS) is 1. The van der Waals surface area contributed by atoms with Crippen molar-refractivity contribution in [2.24, 2.45) is 0 Å². The van der Waals surface area contributed by atoms with Crippen LogP contribution in [0.4, 0.5) is 4.79 Å². The Morgan fingerprint density at radius 1 is 1.21 bits per heavy atom. The standard InChI is InChI=1S/C12H23N3O4/c1-5-6-9(11(17)18)14-12(19)15(4)7-10(16)13-8(2)3/h8-9H,5-7H2,1-4H3,(H,13,16)(H,14,19)(H,17,18)/t9-/m1/s1. The van der Waals surface area contributed by atoms with E-state index < -0.39 is 18.0 Å². The molecule has 0 aromatic carbocycles. The van der Waals surface area contributed by atoms with Gasteiger partial charge in [0.05, 0.1) is 0 Å². The molecule has 0 rings (SSSR count). The van der Waals surface area contributed by atoms with Crippen LogP contribution >= 0.6 is 0 Å². The number of nitrogens with one attached hydrogen (secondary N) is 2. The minimum atomic E-state index is -1.07. The molecular formula is C12H23N3O4. The molecule has 0 aliphatic carbocycles. The number of hydrogen-bond donors (Lipinski definition) is 3. The molecule has 0 radical (unpaired) electrons. The summed E-state index contributed by atoms with van der Waals surface area (Å²) in [4.78, 5) is 35.2. The van der Waals surface area contributed by atoms with Gasteiger partial charge < -0.3 is 20.6 Å². The van der Waals surface area contributed by atoms with Gasteiger partial charge in [0.2, 0.25) is 5.91 Å². The quantitative estimate of drug-likeness (QED) is 0.625. The molecule has 0 aromatic rings. The van der Waals surface area contributed by atoms with Gasteiger partial charge in [-0.15, -0.1) is 0 Å². The minimum absolute atomic E-state index is 0.00387. The van der Waals surface area contributed by atoms with E-state index in [0.29, 0.717) is 12.8 Å². The Balaban J connectivity index is 4.32. The fraction of sp³-hybridized carbons (Fsp3) is 0.750. The van der Waals surface area contributed by atoms with Crippen molar-refractivity contribution in [1.82, 2.24) is 15.5 Å². The highest BCUT2D eigenvalue weighted by Crippen LogP contribution is 1.98. The maximum atomic E-state index is 11.7. The average Bonchev–Trinajstić information content (AvgIpc) is 2.26. The third-order valence-electron chi connectivity index (χ3n) is 2.35. The summed E-state index contributed by atoms with van der Waals surface area (Å²) in [5.41, 5.74) is 0. The molecule has 0 heterocycles. The molecule has 0 unspecified atom stereocenters. The van der Waals surface area contributed by atoms with Gasteiger partial charge in [-0.3, -0.25) is 4.79 Å². The van der Waals surface area contributed by atoms with Gasteiger partial charge in [-0.2, -0.15) is 0 Å². The zero-order valence-corrected chi connectivity index (χ0v) is 11.9. The Morgan fingerprint density at radius 2 is 1.79 bits per heavy atom. The van der Waals surface area contributed by atoms with E-state index in [9.17, 15) is 14.4 Å². The number of amides is 3. The van der Waals surface area contributed by atoms with Gasteiger partial charge in [0, 0.05) is 13.1 Å². The second-order valence-electron chi connectivity index (χ2n) is 4.71. The lowest BCUT2D eigenvalue weighted by atomic mass is 10.2. The van der Waals surface area contributed by atoms with Crippen LogP contribution in [-0.4, -0.2) is 53.6 Å². The molecule has 0 bridgehead atoms. The van der Waals surface area contributed by atoms with Crippen LogP contribution < -0.4 is 10.6 Å². The zero-order chi connectivity index (χ0) is 15.0. The van der Waals surface area contributed by atoms with Crippen LogP contribution in [0.3, 0.4) is 0 Å². The molecule has 0 saturated carbocycles. The Hall–Kier alpha value is -1.79. The topological polar surface area (TPSA) is 98.7 Å². The van der Waals surface area contributed by atoms with Gasteiger partial charge in [-0.05, 0) is 20.3 Å². The van der Waals surface area contributed by atoms with Gasteiger partial charge in [0.1, 0.15) is 12.6 Å². The number of nitrogens with zero attached hydrogens (tertiary/aromatic N) is 1. The zero-order valence-electron chi connectivity index (χ0n) is 11.9. The summed E-state index contributed by atoms with van der Waals surface area (Å²) in [5, 5.41) is 14.0. The summed E-state index contributed by atoms with van der Waals surface area (Å²) in [5.74, 6) is -1.36. The predicted octanol–water partition coefficient (Wildman–Crippen LogP) is 0.406. The number of urea groups is 1. The highest BCUT2D eigenvalue weighted by atomic mass is 16.4. The first kappa shape index (κ1) is 17.2. The van der Waals surface area contributed by atoms with Gasteiger partial charge >= 0.3 is 12.0 Å². The molecule has 110 valence electrons. The van der Waals surface area contributed by atoms with Crippen LogP contribution in [0.25, 0.3) is 0 Å². The Bertz CT molecular complexity index is 331. The predicted molar refractivity (Wildman–Crippen MR) is 70.8 cm³/mol. The Labute approximate surface area is 113 Å². The maximum Gasteiger partial charge on any atom is 0.326 e. The number of carboxylic acids is 1. The van der Waals surface area contributed by atoms with E-state index in [4.69, 9.17) is 5.11 Å². The van der Waals surface area contributed by atoms with Crippen LogP contribution in [0.15, 0.2) is 0 Å². The van der Waals surface area contributed by atoms with E-state index in [1.54, 1.807) is 0 Å². The van der Waals surface area contributed by atoms with Gasteiger partial charge in [-0.25, -0.2) is 9.59 Å². The molecule has 0 aromatic heterocycles. The first-order chi connectivity index (χ1) is 8.77. The smallest absolute Gasteiger partial charge is 0.326 e. The summed E-state index contributed by atoms with van der Waals surface area (Å²) in [6.07, 6.45) is 1.00. The molecule has 3 amide bonds. The van der Waals surface area contributed by atoms with Crippen LogP contribution in [-0.2, 0) is 9.59 Å². The summed E-state index contributed by atoms with van der Waals surface area (Å²) < 4.78 is 0. The third kappa shape index (κ3) is 7.28. The maximum absolute atomic E-state index is 11.7. The number of carbonyl (C=O) groups excluding carboxylic acids is 2. The average molecular weight is 273 g/mol. The molecule has 0 aliphatic rings. The van der Waals surface area contributed by atoms with E-state index in [1.165, 1.54) is 7.05 Å². The van der Waals surface area contributed by atoms with Gasteiger partial charge in [0.25, 0.3) is 0 Å². The van der Waals surface area contributed by atoms with Crippen molar-refractivity contribution in [3.8, 4) is 0 Å². The fourth-order valence-corrected chi connectivity index (χ4v) is 1.46. The van der Waals surface area contributed by atoms with Crippen molar-refractivity contribution in [2.45, 2.75) is 45.7 Å². The van der Waals surface area contributed by atoms with Crippen LogP contribution in [0.2, 0.25) is 0 Å². The molecule has 0 spiro atoms. The fourth-order valence-electron chi connectivity index (χ4n) is 1.46. The van der Waals surface area contributed by atoms with Gasteiger partial charge in [0.15, 0.2) is 0 Å². The second-order valence-corrected chi connectivity index (χ2v) is 4.71. The van der Waals surface area contributed by atoms with E-state index in [0.717, 1.165) is 4.90 Å². The lowest BCUT2D eigenvalue weighted by Crippen LogP contribution is -2.49. The van der Waals surface area contributed by atoms with Crippen molar-refractivity contribution < 1.29 is 19.5 Å². The first-order valence-corrected chi connectivity index (χ1v) is 6.31. The van der Waals surface area contributed by atoms with Crippen LogP contribution in [0.5, 0.6) is 0 Å². The minimum Gasteiger partial charge on any atom is -0.480 e. The largest absolute Gasteiger partial charge is 0.480 e. The normalized spacial score (nSPS) is 11.8. The number of rotatable bonds is 7. The van der Waals surface area contributed by atoms with Crippen LogP contribution in [0.1, 0.15) is 33.6 Å².